The van der Waals surface area contributed by atoms with Gasteiger partial charge in [0.05, 0.1) is 13.2 Å². The van der Waals surface area contributed by atoms with E-state index < -0.39 is 0 Å². The summed E-state index contributed by atoms with van der Waals surface area (Å²) < 4.78 is 5.43. The van der Waals surface area contributed by atoms with Crippen molar-refractivity contribution in [1.29, 1.82) is 0 Å². The van der Waals surface area contributed by atoms with Gasteiger partial charge >= 0.3 is 0 Å². The Balaban J connectivity index is 1.71. The van der Waals surface area contributed by atoms with Crippen LogP contribution in [-0.4, -0.2) is 60.8 Å². The Kier molecular flexibility index (Phi) is 5.33. The number of rotatable bonds is 5. The highest BCUT2D eigenvalue weighted by Crippen LogP contribution is 2.30. The van der Waals surface area contributed by atoms with Crippen molar-refractivity contribution in [3.8, 4) is 5.75 Å². The Hall–Kier alpha value is -2.41. The minimum Gasteiger partial charge on any atom is -0.496 e. The third-order valence-corrected chi connectivity index (χ3v) is 4.77. The molecule has 2 saturated heterocycles. The van der Waals surface area contributed by atoms with Gasteiger partial charge in [0.15, 0.2) is 0 Å². The van der Waals surface area contributed by atoms with E-state index in [0.717, 1.165) is 17.9 Å². The van der Waals surface area contributed by atoms with Gasteiger partial charge in [-0.3, -0.25) is 19.3 Å². The number of para-hydroxylation sites is 1. The zero-order chi connectivity index (χ0) is 17.8. The van der Waals surface area contributed by atoms with Gasteiger partial charge in [0.25, 0.3) is 0 Å². The molecular weight excluding hydrogens is 322 g/mol. The molecule has 1 unspecified atom stereocenters. The number of imide groups is 1. The van der Waals surface area contributed by atoms with Gasteiger partial charge in [-0.2, -0.15) is 0 Å². The first-order valence-corrected chi connectivity index (χ1v) is 8.58. The van der Waals surface area contributed by atoms with E-state index in [2.05, 4.69) is 5.32 Å². The number of piperazine rings is 1. The van der Waals surface area contributed by atoms with Crippen molar-refractivity contribution in [2.75, 3.05) is 33.3 Å². The summed E-state index contributed by atoms with van der Waals surface area (Å²) in [6, 6.07) is 7.55. The number of benzene rings is 1. The normalized spacial score (nSPS) is 20.9. The molecule has 2 fully saturated rings. The summed E-state index contributed by atoms with van der Waals surface area (Å²) in [6.07, 6.45) is 0.665. The van der Waals surface area contributed by atoms with Gasteiger partial charge in [-0.15, -0.1) is 0 Å². The highest BCUT2D eigenvalue weighted by Gasteiger charge is 2.32. The van der Waals surface area contributed by atoms with Gasteiger partial charge < -0.3 is 15.0 Å². The number of hydrogen-bond acceptors (Lipinski definition) is 5. The molecule has 7 nitrogen and oxygen atoms in total. The zero-order valence-electron chi connectivity index (χ0n) is 14.4. The van der Waals surface area contributed by atoms with Crippen molar-refractivity contribution >= 4 is 17.7 Å². The van der Waals surface area contributed by atoms with E-state index in [9.17, 15) is 14.4 Å². The third-order valence-electron chi connectivity index (χ3n) is 4.77. The number of nitrogens with zero attached hydrogens (tertiary/aromatic N) is 2. The number of hydrogen-bond donors (Lipinski definition) is 1. The topological polar surface area (TPSA) is 79.0 Å². The number of nitrogens with one attached hydrogen (secondary N) is 1. The first-order chi connectivity index (χ1) is 12.1. The van der Waals surface area contributed by atoms with Crippen LogP contribution in [0.4, 0.5) is 0 Å². The van der Waals surface area contributed by atoms with E-state index >= 15 is 0 Å². The van der Waals surface area contributed by atoms with Crippen molar-refractivity contribution in [3.63, 3.8) is 0 Å². The molecule has 2 heterocycles. The highest BCUT2D eigenvalue weighted by atomic mass is 16.5. The zero-order valence-corrected chi connectivity index (χ0v) is 14.4. The van der Waals surface area contributed by atoms with Crippen LogP contribution < -0.4 is 10.1 Å². The summed E-state index contributed by atoms with van der Waals surface area (Å²) in [6.45, 7) is 2.12. The molecule has 3 rings (SSSR count). The summed E-state index contributed by atoms with van der Waals surface area (Å²) in [5, 5.41) is 3.31. The van der Waals surface area contributed by atoms with Crippen LogP contribution in [0.2, 0.25) is 0 Å². The second-order valence-corrected chi connectivity index (χ2v) is 6.24. The van der Waals surface area contributed by atoms with Gasteiger partial charge in [-0.1, -0.05) is 18.2 Å². The summed E-state index contributed by atoms with van der Waals surface area (Å²) in [5.41, 5.74) is 0.957. The van der Waals surface area contributed by atoms with E-state index in [1.165, 1.54) is 4.90 Å². The van der Waals surface area contributed by atoms with E-state index in [-0.39, 0.29) is 49.6 Å². The number of methoxy groups -OCH3 is 1. The number of carbonyl (C=O) groups excluding carboxylic acids is 3. The molecule has 1 aromatic carbocycles. The molecule has 3 amide bonds. The lowest BCUT2D eigenvalue weighted by Gasteiger charge is -2.37. The fourth-order valence-electron chi connectivity index (χ4n) is 3.45. The van der Waals surface area contributed by atoms with E-state index in [1.54, 1.807) is 7.11 Å². The fraction of sp³-hybridized carbons (Fsp3) is 0.500. The standard InChI is InChI=1S/C18H23N3O4/c1-25-15-5-3-2-4-13(15)14-12-19-9-11-20(14)18(24)8-10-21-16(22)6-7-17(21)23/h2-5,14,19H,6-12H2,1H3. The lowest BCUT2D eigenvalue weighted by molar-refractivity contribution is -0.140. The number of likely N-dealkylation sites (tertiary alicyclic amines) is 1. The Morgan fingerprint density at radius 3 is 2.68 bits per heavy atom. The van der Waals surface area contributed by atoms with Crippen LogP contribution in [0.5, 0.6) is 5.75 Å². The van der Waals surface area contributed by atoms with Gasteiger partial charge in [0.1, 0.15) is 5.75 Å². The lowest BCUT2D eigenvalue weighted by atomic mass is 10.0. The first kappa shape index (κ1) is 17.4. The third kappa shape index (κ3) is 3.66. The molecule has 0 saturated carbocycles. The van der Waals surface area contributed by atoms with Crippen LogP contribution >= 0.6 is 0 Å². The molecule has 1 aromatic rings. The minimum absolute atomic E-state index is 0.0510. The molecule has 0 spiro atoms. The van der Waals surface area contributed by atoms with Gasteiger partial charge in [-0.25, -0.2) is 0 Å². The van der Waals surface area contributed by atoms with Gasteiger partial charge in [0.2, 0.25) is 17.7 Å². The molecule has 1 N–H and O–H groups in total. The molecule has 2 aliphatic heterocycles. The van der Waals surface area contributed by atoms with Crippen molar-refractivity contribution in [3.05, 3.63) is 29.8 Å². The van der Waals surface area contributed by atoms with Crippen LogP contribution in [0, 0.1) is 0 Å². The second kappa shape index (κ2) is 7.65. The predicted octanol–water partition coefficient (Wildman–Crippen LogP) is 0.707. The second-order valence-electron chi connectivity index (χ2n) is 6.24. The summed E-state index contributed by atoms with van der Waals surface area (Å²) in [7, 11) is 1.62. The summed E-state index contributed by atoms with van der Waals surface area (Å²) in [5.74, 6) is 0.336. The number of carbonyl (C=O) groups is 3. The van der Waals surface area contributed by atoms with Crippen molar-refractivity contribution in [1.82, 2.24) is 15.1 Å². The molecule has 0 aromatic heterocycles. The molecular formula is C18H23N3O4. The Morgan fingerprint density at radius 2 is 1.96 bits per heavy atom. The Bertz CT molecular complexity index is 660. The lowest BCUT2D eigenvalue weighted by Crippen LogP contribution is -2.49. The maximum Gasteiger partial charge on any atom is 0.229 e. The van der Waals surface area contributed by atoms with Crippen molar-refractivity contribution in [2.45, 2.75) is 25.3 Å². The maximum atomic E-state index is 12.8. The van der Waals surface area contributed by atoms with Crippen LogP contribution in [0.15, 0.2) is 24.3 Å². The van der Waals surface area contributed by atoms with Crippen LogP contribution in [0.3, 0.4) is 0 Å². The van der Waals surface area contributed by atoms with Gasteiger partial charge in [0, 0.05) is 51.0 Å². The van der Waals surface area contributed by atoms with Crippen LogP contribution in [-0.2, 0) is 14.4 Å². The Morgan fingerprint density at radius 1 is 1.24 bits per heavy atom. The average Bonchev–Trinajstić information content (AvgIpc) is 2.97. The molecule has 7 heteroatoms. The highest BCUT2D eigenvalue weighted by molar-refractivity contribution is 6.02. The SMILES string of the molecule is COc1ccccc1C1CNCCN1C(=O)CCN1C(=O)CCC1=O. The quantitative estimate of drug-likeness (QED) is 0.795. The summed E-state index contributed by atoms with van der Waals surface area (Å²) in [4.78, 5) is 39.2. The van der Waals surface area contributed by atoms with E-state index in [1.807, 2.05) is 29.2 Å². The summed E-state index contributed by atoms with van der Waals surface area (Å²) >= 11 is 0. The van der Waals surface area contributed by atoms with Crippen molar-refractivity contribution in [2.24, 2.45) is 0 Å². The fourth-order valence-corrected chi connectivity index (χ4v) is 3.45. The molecule has 0 aliphatic carbocycles. The maximum absolute atomic E-state index is 12.8. The minimum atomic E-state index is -0.181. The monoisotopic (exact) mass is 345 g/mol. The van der Waals surface area contributed by atoms with Crippen LogP contribution in [0.1, 0.15) is 30.9 Å². The molecule has 1 atom stereocenters. The number of amides is 3. The van der Waals surface area contributed by atoms with Crippen molar-refractivity contribution < 1.29 is 19.1 Å². The largest absolute Gasteiger partial charge is 0.496 e. The van der Waals surface area contributed by atoms with Gasteiger partial charge in [-0.05, 0) is 6.07 Å². The number of ether oxygens (including phenoxy) is 1. The molecule has 25 heavy (non-hydrogen) atoms. The molecule has 0 radical (unpaired) electrons. The molecule has 134 valence electrons. The van der Waals surface area contributed by atoms with E-state index in [4.69, 9.17) is 4.74 Å². The predicted molar refractivity (Wildman–Crippen MR) is 90.9 cm³/mol. The Labute approximate surface area is 146 Å². The average molecular weight is 345 g/mol. The smallest absolute Gasteiger partial charge is 0.229 e. The van der Waals surface area contributed by atoms with E-state index in [0.29, 0.717) is 13.1 Å². The molecule has 0 bridgehead atoms. The molecule has 2 aliphatic rings. The van der Waals surface area contributed by atoms with Crippen LogP contribution in [0.25, 0.3) is 0 Å². The first-order valence-electron chi connectivity index (χ1n) is 8.58.